The second-order valence-electron chi connectivity index (χ2n) is 9.00. The van der Waals surface area contributed by atoms with Crippen LogP contribution in [0.25, 0.3) is 0 Å². The lowest BCUT2D eigenvalue weighted by Gasteiger charge is -2.42. The molecule has 2 N–H and O–H groups in total. The lowest BCUT2D eigenvalue weighted by atomic mass is 9.88. The molecule has 1 saturated heterocycles. The Hall–Kier alpha value is -2.84. The SMILES string of the molecule is CCC1CC(N(Cc2cc(Cl)cc(C(F)(F)F)c2)c2ncc(O)cn2)CC(Cc2ccccc2)N1. The first-order valence-corrected chi connectivity index (χ1v) is 12.0. The fraction of sp³-hybridized carbons (Fsp3) is 0.385. The Bertz CT molecular complexity index is 1110. The number of hydrogen-bond acceptors (Lipinski definition) is 5. The maximum Gasteiger partial charge on any atom is 0.416 e. The highest BCUT2D eigenvalue weighted by molar-refractivity contribution is 6.30. The van der Waals surface area contributed by atoms with E-state index in [-0.39, 0.29) is 35.4 Å². The van der Waals surface area contributed by atoms with Crippen molar-refractivity contribution in [1.29, 1.82) is 0 Å². The predicted molar refractivity (Wildman–Crippen MR) is 131 cm³/mol. The number of piperidine rings is 1. The molecule has 3 unspecified atom stereocenters. The number of rotatable bonds is 7. The lowest BCUT2D eigenvalue weighted by Crippen LogP contribution is -2.53. The molecule has 3 aromatic rings. The van der Waals surface area contributed by atoms with Gasteiger partial charge in [0.1, 0.15) is 0 Å². The average Bonchev–Trinajstić information content (AvgIpc) is 2.83. The highest BCUT2D eigenvalue weighted by Gasteiger charge is 2.34. The molecule has 1 fully saturated rings. The van der Waals surface area contributed by atoms with Crippen LogP contribution < -0.4 is 10.2 Å². The summed E-state index contributed by atoms with van der Waals surface area (Å²) in [4.78, 5) is 10.5. The molecule has 0 spiro atoms. The van der Waals surface area contributed by atoms with Gasteiger partial charge in [0.2, 0.25) is 5.95 Å². The minimum atomic E-state index is -4.50. The molecule has 9 heteroatoms. The van der Waals surface area contributed by atoms with Crippen LogP contribution in [0.4, 0.5) is 19.1 Å². The monoisotopic (exact) mass is 504 g/mol. The maximum atomic E-state index is 13.4. The molecule has 1 aliphatic heterocycles. The summed E-state index contributed by atoms with van der Waals surface area (Å²) in [7, 11) is 0. The fourth-order valence-corrected chi connectivity index (χ4v) is 4.99. The van der Waals surface area contributed by atoms with Gasteiger partial charge in [0, 0.05) is 29.7 Å². The van der Waals surface area contributed by atoms with Crippen molar-refractivity contribution in [2.75, 3.05) is 4.90 Å². The van der Waals surface area contributed by atoms with E-state index in [9.17, 15) is 18.3 Å². The molecule has 2 heterocycles. The first-order valence-electron chi connectivity index (χ1n) is 11.7. The minimum absolute atomic E-state index is 0.0206. The molecule has 3 atom stereocenters. The van der Waals surface area contributed by atoms with E-state index in [1.165, 1.54) is 18.0 Å². The molecular weight excluding hydrogens is 477 g/mol. The van der Waals surface area contributed by atoms with Gasteiger partial charge in [-0.15, -0.1) is 0 Å². The van der Waals surface area contributed by atoms with E-state index in [4.69, 9.17) is 11.6 Å². The van der Waals surface area contributed by atoms with E-state index < -0.39 is 11.7 Å². The minimum Gasteiger partial charge on any atom is -0.505 e. The fourth-order valence-electron chi connectivity index (χ4n) is 4.73. The molecule has 0 bridgehead atoms. The summed E-state index contributed by atoms with van der Waals surface area (Å²) in [6.07, 6.45) is 1.42. The van der Waals surface area contributed by atoms with Gasteiger partial charge in [-0.1, -0.05) is 48.9 Å². The first kappa shape index (κ1) is 25.3. The Labute approximate surface area is 208 Å². The maximum absolute atomic E-state index is 13.4. The van der Waals surface area contributed by atoms with Crippen LogP contribution in [0, 0.1) is 0 Å². The second kappa shape index (κ2) is 10.8. The number of nitrogens with zero attached hydrogens (tertiary/aromatic N) is 3. The van der Waals surface area contributed by atoms with Crippen molar-refractivity contribution in [1.82, 2.24) is 15.3 Å². The van der Waals surface area contributed by atoms with E-state index >= 15 is 0 Å². The molecule has 0 aliphatic carbocycles. The van der Waals surface area contributed by atoms with E-state index in [1.54, 1.807) is 6.07 Å². The van der Waals surface area contributed by atoms with Crippen LogP contribution in [0.2, 0.25) is 5.02 Å². The Morgan fingerprint density at radius 1 is 1.03 bits per heavy atom. The van der Waals surface area contributed by atoms with Gasteiger partial charge in [-0.2, -0.15) is 13.2 Å². The Kier molecular flexibility index (Phi) is 7.82. The van der Waals surface area contributed by atoms with Crippen molar-refractivity contribution in [2.24, 2.45) is 0 Å². The van der Waals surface area contributed by atoms with Crippen LogP contribution in [0.5, 0.6) is 5.75 Å². The molecule has 0 amide bonds. The number of hydrogen-bond donors (Lipinski definition) is 2. The summed E-state index contributed by atoms with van der Waals surface area (Å²) in [5.74, 6) is 0.283. The van der Waals surface area contributed by atoms with Gasteiger partial charge in [0.15, 0.2) is 5.75 Å². The molecule has 0 radical (unpaired) electrons. The zero-order valence-corrected chi connectivity index (χ0v) is 20.1. The second-order valence-corrected chi connectivity index (χ2v) is 9.44. The standard InChI is InChI=1S/C26H28ClF3N4O/c1-2-21-12-23(13-22(33-21)10-17-6-4-3-5-7-17)34(25-31-14-24(35)15-32-25)16-18-8-19(26(28,29)30)11-20(27)9-18/h3-9,11,14-15,21-23,33,35H,2,10,12-13,16H2,1H3. The van der Waals surface area contributed by atoms with Crippen LogP contribution in [-0.2, 0) is 19.1 Å². The molecule has 5 nitrogen and oxygen atoms in total. The smallest absolute Gasteiger partial charge is 0.416 e. The van der Waals surface area contributed by atoms with Crippen LogP contribution in [-0.4, -0.2) is 33.2 Å². The zero-order valence-electron chi connectivity index (χ0n) is 19.3. The van der Waals surface area contributed by atoms with Gasteiger partial charge in [0.05, 0.1) is 18.0 Å². The van der Waals surface area contributed by atoms with E-state index in [1.807, 2.05) is 23.1 Å². The highest BCUT2D eigenvalue weighted by Crippen LogP contribution is 2.33. The average molecular weight is 505 g/mol. The van der Waals surface area contributed by atoms with Crippen molar-refractivity contribution < 1.29 is 18.3 Å². The first-order chi connectivity index (χ1) is 16.7. The number of alkyl halides is 3. The summed E-state index contributed by atoms with van der Waals surface area (Å²) >= 11 is 6.06. The molecule has 2 aromatic carbocycles. The topological polar surface area (TPSA) is 61.3 Å². The van der Waals surface area contributed by atoms with E-state index in [2.05, 4.69) is 34.3 Å². The van der Waals surface area contributed by atoms with Gasteiger partial charge in [0.25, 0.3) is 0 Å². The number of anilines is 1. The third-order valence-corrected chi connectivity index (χ3v) is 6.58. The Morgan fingerprint density at radius 2 is 1.71 bits per heavy atom. The van der Waals surface area contributed by atoms with Crippen LogP contribution in [0.1, 0.15) is 42.9 Å². The van der Waals surface area contributed by atoms with Gasteiger partial charge in [-0.05, 0) is 55.0 Å². The summed E-state index contributed by atoms with van der Waals surface area (Å²) in [5.41, 5.74) is 0.857. The van der Waals surface area contributed by atoms with Crippen molar-refractivity contribution in [3.05, 3.63) is 82.6 Å². The summed E-state index contributed by atoms with van der Waals surface area (Å²) < 4.78 is 40.3. The summed E-state index contributed by atoms with van der Waals surface area (Å²) in [6, 6.07) is 14.2. The summed E-state index contributed by atoms with van der Waals surface area (Å²) in [6.45, 7) is 2.28. The molecule has 1 aromatic heterocycles. The number of aromatic nitrogens is 2. The molecular formula is C26H28ClF3N4O. The quantitative estimate of drug-likeness (QED) is 0.413. The van der Waals surface area contributed by atoms with Gasteiger partial charge in [-0.3, -0.25) is 0 Å². The van der Waals surface area contributed by atoms with Gasteiger partial charge in [-0.25, -0.2) is 9.97 Å². The van der Waals surface area contributed by atoms with E-state index in [0.717, 1.165) is 37.8 Å². The molecule has 186 valence electrons. The van der Waals surface area contributed by atoms with Crippen LogP contribution in [0.15, 0.2) is 60.9 Å². The number of benzene rings is 2. The van der Waals surface area contributed by atoms with Crippen molar-refractivity contribution in [3.8, 4) is 5.75 Å². The molecule has 1 aliphatic rings. The Morgan fingerprint density at radius 3 is 2.37 bits per heavy atom. The van der Waals surface area contributed by atoms with Gasteiger partial charge >= 0.3 is 6.18 Å². The number of halogens is 4. The van der Waals surface area contributed by atoms with Crippen molar-refractivity contribution in [2.45, 2.75) is 63.5 Å². The third kappa shape index (κ3) is 6.64. The number of nitrogens with one attached hydrogen (secondary N) is 1. The number of aromatic hydroxyl groups is 1. The summed E-state index contributed by atoms with van der Waals surface area (Å²) in [5, 5.41) is 13.4. The molecule has 0 saturated carbocycles. The lowest BCUT2D eigenvalue weighted by molar-refractivity contribution is -0.137. The Balaban J connectivity index is 1.65. The van der Waals surface area contributed by atoms with Crippen LogP contribution >= 0.6 is 11.6 Å². The highest BCUT2D eigenvalue weighted by atomic mass is 35.5. The van der Waals surface area contributed by atoms with Crippen molar-refractivity contribution in [3.63, 3.8) is 0 Å². The normalized spacial score (nSPS) is 20.5. The van der Waals surface area contributed by atoms with Gasteiger partial charge < -0.3 is 15.3 Å². The zero-order chi connectivity index (χ0) is 25.0. The molecule has 35 heavy (non-hydrogen) atoms. The van der Waals surface area contributed by atoms with E-state index in [0.29, 0.717) is 11.5 Å². The third-order valence-electron chi connectivity index (χ3n) is 6.36. The van der Waals surface area contributed by atoms with Crippen LogP contribution in [0.3, 0.4) is 0 Å². The predicted octanol–water partition coefficient (Wildman–Crippen LogP) is 6.00. The van der Waals surface area contributed by atoms with Crippen molar-refractivity contribution >= 4 is 17.5 Å². The molecule has 4 rings (SSSR count). The largest absolute Gasteiger partial charge is 0.505 e.